The van der Waals surface area contributed by atoms with Gasteiger partial charge in [0.25, 0.3) is 0 Å². The number of pyridine rings is 1. The van der Waals surface area contributed by atoms with E-state index < -0.39 is 0 Å². The predicted octanol–water partition coefficient (Wildman–Crippen LogP) is 5.33. The number of hydrogen-bond donors (Lipinski definition) is 1. The number of hydrogen-bond acceptors (Lipinski definition) is 3. The molecule has 4 aromatic rings. The van der Waals surface area contributed by atoms with Crippen LogP contribution >= 0.6 is 0 Å². The van der Waals surface area contributed by atoms with Crippen molar-refractivity contribution < 1.29 is 4.39 Å². The monoisotopic (exact) mass is 403 g/mol. The van der Waals surface area contributed by atoms with Crippen molar-refractivity contribution in [3.05, 3.63) is 53.9 Å². The number of nitrogens with zero attached hydrogens (tertiary/aromatic N) is 4. The molecule has 0 atom stereocenters. The highest BCUT2D eigenvalue weighted by Gasteiger charge is 2.18. The molecule has 0 saturated carbocycles. The molecular formula is C24H26FN5. The third-order valence-corrected chi connectivity index (χ3v) is 6.07. The van der Waals surface area contributed by atoms with E-state index in [0.717, 1.165) is 58.6 Å². The van der Waals surface area contributed by atoms with Crippen LogP contribution in [0.15, 0.2) is 36.7 Å². The number of benzene rings is 1. The van der Waals surface area contributed by atoms with Gasteiger partial charge in [-0.25, -0.2) is 14.4 Å². The Morgan fingerprint density at radius 2 is 2.00 bits per heavy atom. The van der Waals surface area contributed by atoms with Gasteiger partial charge in [-0.3, -0.25) is 0 Å². The average molecular weight is 404 g/mol. The largest absolute Gasteiger partial charge is 0.346 e. The van der Waals surface area contributed by atoms with Crippen molar-refractivity contribution >= 4 is 27.6 Å². The van der Waals surface area contributed by atoms with Gasteiger partial charge < -0.3 is 14.5 Å². The lowest BCUT2D eigenvalue weighted by molar-refractivity contribution is 0.370. The summed E-state index contributed by atoms with van der Waals surface area (Å²) in [6.45, 7) is 8.11. The molecule has 5 nitrogen and oxygen atoms in total. The Labute approximate surface area is 175 Å². The maximum absolute atomic E-state index is 15.0. The highest BCUT2D eigenvalue weighted by atomic mass is 19.1. The Balaban J connectivity index is 1.67. The van der Waals surface area contributed by atoms with E-state index in [4.69, 9.17) is 0 Å². The molecule has 6 heteroatoms. The van der Waals surface area contributed by atoms with Crippen molar-refractivity contribution in [2.45, 2.75) is 33.2 Å². The second kappa shape index (κ2) is 7.06. The van der Waals surface area contributed by atoms with Crippen LogP contribution in [-0.4, -0.2) is 44.6 Å². The van der Waals surface area contributed by atoms with Crippen LogP contribution in [0.5, 0.6) is 0 Å². The second-order valence-electron chi connectivity index (χ2n) is 8.51. The minimum Gasteiger partial charge on any atom is -0.346 e. The van der Waals surface area contributed by atoms with Crippen molar-refractivity contribution in [3.63, 3.8) is 0 Å². The summed E-state index contributed by atoms with van der Waals surface area (Å²) in [5, 5.41) is 1.01. The molecular weight excluding hydrogens is 377 g/mol. The number of aromatic nitrogens is 4. The van der Waals surface area contributed by atoms with Gasteiger partial charge in [-0.1, -0.05) is 6.08 Å². The zero-order chi connectivity index (χ0) is 21.0. The number of fused-ring (bicyclic) bond motifs is 2. The fourth-order valence-corrected chi connectivity index (χ4v) is 4.53. The zero-order valence-electron chi connectivity index (χ0n) is 17.8. The molecule has 0 amide bonds. The Morgan fingerprint density at radius 3 is 2.73 bits per heavy atom. The second-order valence-corrected chi connectivity index (χ2v) is 8.51. The highest BCUT2D eigenvalue weighted by molar-refractivity contribution is 5.97. The van der Waals surface area contributed by atoms with Crippen LogP contribution in [0, 0.1) is 12.7 Å². The van der Waals surface area contributed by atoms with Crippen molar-refractivity contribution in [2.24, 2.45) is 0 Å². The van der Waals surface area contributed by atoms with E-state index in [2.05, 4.69) is 57.5 Å². The van der Waals surface area contributed by atoms with Gasteiger partial charge in [-0.2, -0.15) is 0 Å². The first kappa shape index (κ1) is 19.0. The van der Waals surface area contributed by atoms with Crippen LogP contribution < -0.4 is 0 Å². The summed E-state index contributed by atoms with van der Waals surface area (Å²) in [4.78, 5) is 14.6. The van der Waals surface area contributed by atoms with Crippen LogP contribution in [0.3, 0.4) is 0 Å². The van der Waals surface area contributed by atoms with E-state index in [-0.39, 0.29) is 11.9 Å². The van der Waals surface area contributed by atoms with Crippen molar-refractivity contribution in [3.8, 4) is 11.1 Å². The molecule has 0 fully saturated rings. The molecule has 0 spiro atoms. The number of aryl methyl sites for hydroxylation is 1. The molecule has 1 aromatic carbocycles. The number of imidazole rings is 1. The van der Waals surface area contributed by atoms with Crippen LogP contribution in [0.25, 0.3) is 38.8 Å². The fraction of sp³-hybridized carbons (Fsp3) is 0.333. The molecule has 5 rings (SSSR count). The molecule has 3 aromatic heterocycles. The van der Waals surface area contributed by atoms with Crippen molar-refractivity contribution in [1.82, 2.24) is 24.4 Å². The minimum atomic E-state index is -0.290. The Kier molecular flexibility index (Phi) is 4.47. The van der Waals surface area contributed by atoms with Gasteiger partial charge >= 0.3 is 0 Å². The van der Waals surface area contributed by atoms with Gasteiger partial charge in [0.15, 0.2) is 5.82 Å². The predicted molar refractivity (Wildman–Crippen MR) is 120 cm³/mol. The number of aromatic amines is 1. The fourth-order valence-electron chi connectivity index (χ4n) is 4.53. The van der Waals surface area contributed by atoms with Crippen LogP contribution in [0.1, 0.15) is 37.7 Å². The maximum Gasteiger partial charge on any atom is 0.151 e. The first-order valence-electron chi connectivity index (χ1n) is 10.5. The summed E-state index contributed by atoms with van der Waals surface area (Å²) in [5.41, 5.74) is 6.34. The molecule has 1 aliphatic heterocycles. The molecule has 0 aliphatic carbocycles. The van der Waals surface area contributed by atoms with Crippen molar-refractivity contribution in [1.29, 1.82) is 0 Å². The molecule has 4 heterocycles. The number of rotatable bonds is 3. The summed E-state index contributed by atoms with van der Waals surface area (Å²) in [7, 11) is 2.13. The van der Waals surface area contributed by atoms with E-state index >= 15 is 0 Å². The molecule has 0 unspecified atom stereocenters. The van der Waals surface area contributed by atoms with E-state index in [0.29, 0.717) is 5.52 Å². The zero-order valence-corrected chi connectivity index (χ0v) is 17.8. The Bertz CT molecular complexity index is 1290. The lowest BCUT2D eigenvalue weighted by Crippen LogP contribution is -2.23. The van der Waals surface area contributed by atoms with Crippen molar-refractivity contribution in [2.75, 3.05) is 20.1 Å². The van der Waals surface area contributed by atoms with Gasteiger partial charge in [0.2, 0.25) is 0 Å². The molecule has 1 aliphatic rings. The summed E-state index contributed by atoms with van der Waals surface area (Å²) < 4.78 is 17.1. The topological polar surface area (TPSA) is 49.7 Å². The van der Waals surface area contributed by atoms with E-state index in [1.165, 1.54) is 5.57 Å². The SMILES string of the molecule is Cc1nc2c(F)cc(-c3c[nH]c4ncc(C5=CCN(C)CC5)cc34)cc2n1C(C)C. The summed E-state index contributed by atoms with van der Waals surface area (Å²) >= 11 is 0. The van der Waals surface area contributed by atoms with Gasteiger partial charge in [-0.05, 0) is 69.1 Å². The van der Waals surface area contributed by atoms with Gasteiger partial charge in [-0.15, -0.1) is 0 Å². The number of nitrogens with one attached hydrogen (secondary N) is 1. The molecule has 30 heavy (non-hydrogen) atoms. The lowest BCUT2D eigenvalue weighted by Gasteiger charge is -2.22. The number of H-pyrrole nitrogens is 1. The Hall–Kier alpha value is -2.99. The third-order valence-electron chi connectivity index (χ3n) is 6.07. The van der Waals surface area contributed by atoms with E-state index in [1.807, 2.05) is 25.4 Å². The molecule has 0 radical (unpaired) electrons. The molecule has 0 bridgehead atoms. The normalized spacial score (nSPS) is 15.5. The average Bonchev–Trinajstić information content (AvgIpc) is 3.28. The quantitative estimate of drug-likeness (QED) is 0.503. The standard InChI is InChI=1S/C24H26FN5/c1-14(2)30-15(3)28-23-21(25)10-17(11-22(23)30)20-13-27-24-19(20)9-18(12-26-24)16-5-7-29(4)8-6-16/h5,9-14H,6-8H2,1-4H3,(H,26,27). The van der Waals surface area contributed by atoms with E-state index in [1.54, 1.807) is 6.07 Å². The van der Waals surface area contributed by atoms with Gasteiger partial charge in [0, 0.05) is 42.5 Å². The lowest BCUT2D eigenvalue weighted by atomic mass is 9.98. The maximum atomic E-state index is 15.0. The molecule has 0 saturated heterocycles. The van der Waals surface area contributed by atoms with Gasteiger partial charge in [0.1, 0.15) is 17.0 Å². The number of halogens is 1. The molecule has 154 valence electrons. The van der Waals surface area contributed by atoms with Gasteiger partial charge in [0.05, 0.1) is 5.52 Å². The highest BCUT2D eigenvalue weighted by Crippen LogP contribution is 2.34. The van der Waals surface area contributed by atoms with Crippen LogP contribution in [-0.2, 0) is 0 Å². The number of likely N-dealkylation sites (N-methyl/N-ethyl adjacent to an activating group) is 1. The Morgan fingerprint density at radius 1 is 1.17 bits per heavy atom. The first-order chi connectivity index (χ1) is 14.4. The smallest absolute Gasteiger partial charge is 0.151 e. The third kappa shape index (κ3) is 3.03. The van der Waals surface area contributed by atoms with E-state index in [9.17, 15) is 4.39 Å². The minimum absolute atomic E-state index is 0.206. The summed E-state index contributed by atoms with van der Waals surface area (Å²) in [6.07, 6.45) is 7.14. The molecule has 1 N–H and O–H groups in total. The van der Waals surface area contributed by atoms with Crippen LogP contribution in [0.2, 0.25) is 0 Å². The first-order valence-corrected chi connectivity index (χ1v) is 10.5. The summed E-state index contributed by atoms with van der Waals surface area (Å²) in [5.74, 6) is 0.537. The van der Waals surface area contributed by atoms with Crippen LogP contribution in [0.4, 0.5) is 4.39 Å². The summed E-state index contributed by atoms with van der Waals surface area (Å²) in [6, 6.07) is 6.02.